The van der Waals surface area contributed by atoms with E-state index < -0.39 is 0 Å². The van der Waals surface area contributed by atoms with E-state index in [-0.39, 0.29) is 11.9 Å². The van der Waals surface area contributed by atoms with E-state index in [0.29, 0.717) is 5.71 Å². The summed E-state index contributed by atoms with van der Waals surface area (Å²) in [7, 11) is 1.64. The van der Waals surface area contributed by atoms with Gasteiger partial charge in [0.25, 0.3) is 5.91 Å². The van der Waals surface area contributed by atoms with Crippen molar-refractivity contribution < 1.29 is 4.79 Å². The molecule has 0 radical (unpaired) electrons. The molecular formula is C11H13N3O. The zero-order chi connectivity index (χ0) is 11.0. The molecule has 78 valence electrons. The summed E-state index contributed by atoms with van der Waals surface area (Å²) in [5.74, 6) is -0.0319. The molecule has 0 spiro atoms. The number of amides is 1. The van der Waals surface area contributed by atoms with Crippen LogP contribution in [0.15, 0.2) is 23.5 Å². The van der Waals surface area contributed by atoms with Crippen molar-refractivity contribution in [3.05, 3.63) is 24.0 Å². The van der Waals surface area contributed by atoms with Crippen LogP contribution < -0.4 is 4.90 Å². The Balaban J connectivity index is 2.62. The number of aliphatic imine (C=N–C) groups is 1. The molecule has 0 aromatic carbocycles. The lowest BCUT2D eigenvalue weighted by Gasteiger charge is -2.20. The maximum atomic E-state index is 12.0. The molecule has 2 rings (SSSR count). The van der Waals surface area contributed by atoms with Crippen molar-refractivity contribution >= 4 is 17.3 Å². The maximum Gasteiger partial charge on any atom is 0.277 e. The van der Waals surface area contributed by atoms with Crippen molar-refractivity contribution in [1.29, 1.82) is 0 Å². The van der Waals surface area contributed by atoms with Crippen LogP contribution in [0, 0.1) is 0 Å². The largest absolute Gasteiger partial charge is 0.302 e. The zero-order valence-electron chi connectivity index (χ0n) is 9.06. The average Bonchev–Trinajstić information content (AvgIpc) is 2.49. The summed E-state index contributed by atoms with van der Waals surface area (Å²) in [6.45, 7) is 3.96. The van der Waals surface area contributed by atoms with Crippen LogP contribution in [-0.4, -0.2) is 29.7 Å². The van der Waals surface area contributed by atoms with E-state index in [1.807, 2.05) is 19.9 Å². The Labute approximate surface area is 88.7 Å². The first kappa shape index (κ1) is 9.83. The summed E-state index contributed by atoms with van der Waals surface area (Å²) < 4.78 is 0. The quantitative estimate of drug-likeness (QED) is 0.689. The zero-order valence-corrected chi connectivity index (χ0v) is 9.06. The van der Waals surface area contributed by atoms with Crippen molar-refractivity contribution in [2.75, 3.05) is 11.9 Å². The third kappa shape index (κ3) is 1.33. The highest BCUT2D eigenvalue weighted by Crippen LogP contribution is 2.29. The van der Waals surface area contributed by atoms with Crippen LogP contribution in [0.1, 0.15) is 19.4 Å². The number of fused-ring (bicyclic) bond motifs is 1. The number of aromatic nitrogens is 1. The smallest absolute Gasteiger partial charge is 0.277 e. The van der Waals surface area contributed by atoms with Gasteiger partial charge in [0.05, 0.1) is 11.9 Å². The Bertz CT molecular complexity index is 437. The summed E-state index contributed by atoms with van der Waals surface area (Å²) in [6.07, 6.45) is 3.40. The molecule has 0 N–H and O–H groups in total. The molecule has 1 aliphatic rings. The lowest BCUT2D eigenvalue weighted by Crippen LogP contribution is -2.36. The van der Waals surface area contributed by atoms with Gasteiger partial charge in [0.2, 0.25) is 0 Å². The van der Waals surface area contributed by atoms with Crippen LogP contribution in [0.25, 0.3) is 0 Å². The lowest BCUT2D eigenvalue weighted by molar-refractivity contribution is -0.112. The molecule has 1 aromatic rings. The van der Waals surface area contributed by atoms with E-state index in [1.54, 1.807) is 24.3 Å². The lowest BCUT2D eigenvalue weighted by atomic mass is 10.2. The highest BCUT2D eigenvalue weighted by Gasteiger charge is 2.34. The van der Waals surface area contributed by atoms with Gasteiger partial charge in [0.1, 0.15) is 5.71 Å². The second-order valence-electron chi connectivity index (χ2n) is 3.73. The fourth-order valence-electron chi connectivity index (χ4n) is 1.85. The normalized spacial score (nSPS) is 17.7. The van der Waals surface area contributed by atoms with Gasteiger partial charge in [0, 0.05) is 24.8 Å². The van der Waals surface area contributed by atoms with Crippen LogP contribution in [0.2, 0.25) is 0 Å². The monoisotopic (exact) mass is 203 g/mol. The molecule has 0 aliphatic carbocycles. The summed E-state index contributed by atoms with van der Waals surface area (Å²) >= 11 is 0. The van der Waals surface area contributed by atoms with E-state index in [1.165, 1.54) is 0 Å². The number of carbonyl (C=O) groups is 1. The molecule has 0 bridgehead atoms. The Morgan fingerprint density at radius 1 is 1.47 bits per heavy atom. The highest BCUT2D eigenvalue weighted by molar-refractivity contribution is 6.54. The second kappa shape index (κ2) is 3.46. The summed E-state index contributed by atoms with van der Waals surface area (Å²) in [4.78, 5) is 21.8. The molecule has 1 aliphatic heterocycles. The van der Waals surface area contributed by atoms with Gasteiger partial charge in [-0.25, -0.2) is 0 Å². The number of hydrogen-bond acceptors (Lipinski definition) is 3. The van der Waals surface area contributed by atoms with Gasteiger partial charge < -0.3 is 4.90 Å². The van der Waals surface area contributed by atoms with Crippen LogP contribution >= 0.6 is 0 Å². The van der Waals surface area contributed by atoms with Crippen LogP contribution in [0.4, 0.5) is 5.69 Å². The fraction of sp³-hybridized carbons (Fsp3) is 0.364. The van der Waals surface area contributed by atoms with Gasteiger partial charge >= 0.3 is 0 Å². The standard InChI is InChI=1S/C11H13N3O/c1-7(2)14-9-6-13-5-4-8(9)10(12-3)11(14)15/h4-7H,1-3H3. The van der Waals surface area contributed by atoms with Gasteiger partial charge in [-0.1, -0.05) is 0 Å². The number of nitrogens with zero attached hydrogens (tertiary/aromatic N) is 3. The van der Waals surface area contributed by atoms with Gasteiger partial charge in [0.15, 0.2) is 0 Å². The molecule has 0 unspecified atom stereocenters. The van der Waals surface area contributed by atoms with Gasteiger partial charge in [-0.05, 0) is 19.9 Å². The van der Waals surface area contributed by atoms with Crippen molar-refractivity contribution in [3.8, 4) is 0 Å². The SMILES string of the molecule is CN=C1C(=O)N(C(C)C)c2cnccc21. The van der Waals surface area contributed by atoms with Crippen molar-refractivity contribution in [3.63, 3.8) is 0 Å². The molecule has 0 saturated heterocycles. The van der Waals surface area contributed by atoms with E-state index >= 15 is 0 Å². The Morgan fingerprint density at radius 2 is 2.20 bits per heavy atom. The van der Waals surface area contributed by atoms with Crippen molar-refractivity contribution in [2.45, 2.75) is 19.9 Å². The van der Waals surface area contributed by atoms with Gasteiger partial charge in [-0.15, -0.1) is 0 Å². The predicted octanol–water partition coefficient (Wildman–Crippen LogP) is 1.26. The summed E-state index contributed by atoms with van der Waals surface area (Å²) in [5.41, 5.74) is 2.27. The molecule has 2 heterocycles. The molecule has 0 fully saturated rings. The number of hydrogen-bond donors (Lipinski definition) is 0. The Hall–Kier alpha value is -1.71. The molecule has 0 saturated carbocycles. The summed E-state index contributed by atoms with van der Waals surface area (Å²) in [6, 6.07) is 1.96. The molecule has 1 aromatic heterocycles. The number of rotatable bonds is 1. The fourth-order valence-corrected chi connectivity index (χ4v) is 1.85. The van der Waals surface area contributed by atoms with Crippen molar-refractivity contribution in [2.24, 2.45) is 4.99 Å². The minimum absolute atomic E-state index is 0.0319. The van der Waals surface area contributed by atoms with E-state index in [2.05, 4.69) is 9.98 Å². The third-order valence-electron chi connectivity index (χ3n) is 2.48. The minimum atomic E-state index is -0.0319. The Morgan fingerprint density at radius 3 is 2.80 bits per heavy atom. The third-order valence-corrected chi connectivity index (χ3v) is 2.48. The van der Waals surface area contributed by atoms with Gasteiger partial charge in [-0.3, -0.25) is 14.8 Å². The summed E-state index contributed by atoms with van der Waals surface area (Å²) in [5, 5.41) is 0. The average molecular weight is 203 g/mol. The molecule has 0 atom stereocenters. The number of pyridine rings is 1. The van der Waals surface area contributed by atoms with Crippen LogP contribution in [0.5, 0.6) is 0 Å². The second-order valence-corrected chi connectivity index (χ2v) is 3.73. The first-order valence-electron chi connectivity index (χ1n) is 4.91. The number of carbonyl (C=O) groups excluding carboxylic acids is 1. The highest BCUT2D eigenvalue weighted by atomic mass is 16.2. The van der Waals surface area contributed by atoms with E-state index in [0.717, 1.165) is 11.3 Å². The predicted molar refractivity (Wildman–Crippen MR) is 59.3 cm³/mol. The molecule has 1 amide bonds. The van der Waals surface area contributed by atoms with Crippen LogP contribution in [0.3, 0.4) is 0 Å². The molecule has 15 heavy (non-hydrogen) atoms. The number of anilines is 1. The minimum Gasteiger partial charge on any atom is -0.302 e. The first-order chi connectivity index (χ1) is 7.16. The molecular weight excluding hydrogens is 190 g/mol. The molecule has 4 nitrogen and oxygen atoms in total. The Kier molecular flexibility index (Phi) is 2.26. The van der Waals surface area contributed by atoms with E-state index in [9.17, 15) is 4.79 Å². The molecule has 4 heteroatoms. The van der Waals surface area contributed by atoms with Gasteiger partial charge in [-0.2, -0.15) is 0 Å². The first-order valence-corrected chi connectivity index (χ1v) is 4.91. The van der Waals surface area contributed by atoms with E-state index in [4.69, 9.17) is 0 Å². The maximum absolute atomic E-state index is 12.0. The van der Waals surface area contributed by atoms with Crippen molar-refractivity contribution in [1.82, 2.24) is 4.98 Å². The topological polar surface area (TPSA) is 45.6 Å². The van der Waals surface area contributed by atoms with Crippen LogP contribution in [-0.2, 0) is 4.79 Å².